The zero-order valence-corrected chi connectivity index (χ0v) is 13.4. The van der Waals surface area contributed by atoms with Gasteiger partial charge in [-0.05, 0) is 24.1 Å². The first-order valence-corrected chi connectivity index (χ1v) is 7.76. The number of hydrazine groups is 1. The Balaban J connectivity index is 2.11. The number of rotatable bonds is 5. The number of anilines is 1. The molecule has 6 nitrogen and oxygen atoms in total. The molecule has 2 aromatic carbocycles. The molecule has 122 valence electrons. The molecule has 1 amide bonds. The van der Waals surface area contributed by atoms with E-state index in [2.05, 4.69) is 16.9 Å². The van der Waals surface area contributed by atoms with E-state index in [0.717, 1.165) is 12.0 Å². The molecular formula is C18H19N5O. The number of nitrogens with two attached hydrogens (primary N) is 2. The van der Waals surface area contributed by atoms with Gasteiger partial charge in [0.2, 0.25) is 0 Å². The maximum atomic E-state index is 11.6. The number of carbonyl (C=O) groups is 1. The van der Waals surface area contributed by atoms with Crippen molar-refractivity contribution in [2.45, 2.75) is 19.4 Å². The molecule has 0 radical (unpaired) electrons. The summed E-state index contributed by atoms with van der Waals surface area (Å²) in [6.45, 7) is 2.07. The molecule has 1 atom stereocenters. The Labute approximate surface area is 140 Å². The van der Waals surface area contributed by atoms with Crippen molar-refractivity contribution in [2.75, 3.05) is 5.01 Å². The minimum atomic E-state index is -0.524. The predicted octanol–water partition coefficient (Wildman–Crippen LogP) is 2.56. The molecule has 0 spiro atoms. The third kappa shape index (κ3) is 2.79. The Morgan fingerprint density at radius 1 is 1.12 bits per heavy atom. The molecule has 0 aliphatic heterocycles. The summed E-state index contributed by atoms with van der Waals surface area (Å²) in [4.78, 5) is 20.2. The molecule has 0 bridgehead atoms. The Kier molecular flexibility index (Phi) is 4.39. The molecule has 24 heavy (non-hydrogen) atoms. The van der Waals surface area contributed by atoms with Crippen LogP contribution < -0.4 is 16.6 Å². The highest BCUT2D eigenvalue weighted by atomic mass is 16.1. The highest BCUT2D eigenvalue weighted by Gasteiger charge is 2.20. The van der Waals surface area contributed by atoms with Crippen LogP contribution in [0, 0.1) is 0 Å². The van der Waals surface area contributed by atoms with Crippen LogP contribution in [-0.2, 0) is 0 Å². The first kappa shape index (κ1) is 15.9. The molecule has 1 heterocycles. The standard InChI is InChI=1S/C18H19N5O/c1-2-15(12-7-4-3-5-8-12)23(20)18-14-10-6-9-13(17(19)24)16(14)21-11-22-18/h3-11,15H,2,20H2,1H3,(H2,19,24)/t15-/m0/s1. The van der Waals surface area contributed by atoms with E-state index in [0.29, 0.717) is 22.3 Å². The van der Waals surface area contributed by atoms with E-state index in [9.17, 15) is 4.79 Å². The van der Waals surface area contributed by atoms with Crippen molar-refractivity contribution in [1.29, 1.82) is 0 Å². The van der Waals surface area contributed by atoms with Crippen molar-refractivity contribution in [3.8, 4) is 0 Å². The van der Waals surface area contributed by atoms with E-state index in [1.807, 2.05) is 36.4 Å². The summed E-state index contributed by atoms with van der Waals surface area (Å²) in [5.74, 6) is 6.45. The summed E-state index contributed by atoms with van der Waals surface area (Å²) in [6.07, 6.45) is 2.21. The lowest BCUT2D eigenvalue weighted by atomic mass is 10.0. The van der Waals surface area contributed by atoms with Crippen LogP contribution in [0.5, 0.6) is 0 Å². The van der Waals surface area contributed by atoms with Crippen LogP contribution in [0.1, 0.15) is 35.3 Å². The number of amides is 1. The second-order valence-corrected chi connectivity index (χ2v) is 5.51. The molecule has 3 aromatic rings. The van der Waals surface area contributed by atoms with E-state index < -0.39 is 5.91 Å². The highest BCUT2D eigenvalue weighted by molar-refractivity contribution is 6.06. The molecule has 0 unspecified atom stereocenters. The fraction of sp³-hybridized carbons (Fsp3) is 0.167. The van der Waals surface area contributed by atoms with Crippen LogP contribution in [0.15, 0.2) is 54.9 Å². The SMILES string of the molecule is CC[C@@H](c1ccccc1)N(N)c1ncnc2c(C(N)=O)cccc12. The number of primary amides is 1. The lowest BCUT2D eigenvalue weighted by Gasteiger charge is -2.28. The summed E-state index contributed by atoms with van der Waals surface area (Å²) in [5.41, 5.74) is 7.40. The summed E-state index contributed by atoms with van der Waals surface area (Å²) in [5, 5.41) is 2.33. The monoisotopic (exact) mass is 321 g/mol. The van der Waals surface area contributed by atoms with Gasteiger partial charge in [0.15, 0.2) is 5.82 Å². The van der Waals surface area contributed by atoms with Crippen LogP contribution in [0.3, 0.4) is 0 Å². The third-order valence-electron chi connectivity index (χ3n) is 4.06. The average Bonchev–Trinajstić information content (AvgIpc) is 2.62. The average molecular weight is 321 g/mol. The van der Waals surface area contributed by atoms with E-state index >= 15 is 0 Å². The number of benzene rings is 2. The number of para-hydroxylation sites is 1. The van der Waals surface area contributed by atoms with Crippen molar-refractivity contribution in [1.82, 2.24) is 9.97 Å². The van der Waals surface area contributed by atoms with Gasteiger partial charge >= 0.3 is 0 Å². The van der Waals surface area contributed by atoms with Gasteiger partial charge in [0.05, 0.1) is 17.1 Å². The lowest BCUT2D eigenvalue weighted by molar-refractivity contribution is 0.100. The van der Waals surface area contributed by atoms with Crippen LogP contribution in [0.25, 0.3) is 10.9 Å². The first-order valence-electron chi connectivity index (χ1n) is 7.76. The normalized spacial score (nSPS) is 12.1. The first-order chi connectivity index (χ1) is 11.6. The summed E-state index contributed by atoms with van der Waals surface area (Å²) in [6, 6.07) is 15.2. The maximum absolute atomic E-state index is 11.6. The molecule has 0 fully saturated rings. The number of fused-ring (bicyclic) bond motifs is 1. The summed E-state index contributed by atoms with van der Waals surface area (Å²) < 4.78 is 0. The van der Waals surface area contributed by atoms with Crippen molar-refractivity contribution >= 4 is 22.6 Å². The molecule has 1 aromatic heterocycles. The second-order valence-electron chi connectivity index (χ2n) is 5.51. The van der Waals surface area contributed by atoms with E-state index in [4.69, 9.17) is 11.6 Å². The van der Waals surface area contributed by atoms with E-state index in [1.165, 1.54) is 6.33 Å². The van der Waals surface area contributed by atoms with E-state index in [1.54, 1.807) is 17.1 Å². The van der Waals surface area contributed by atoms with Crippen LogP contribution in [0.2, 0.25) is 0 Å². The Morgan fingerprint density at radius 2 is 1.88 bits per heavy atom. The minimum absolute atomic E-state index is 0.0402. The van der Waals surface area contributed by atoms with Crippen molar-refractivity contribution < 1.29 is 4.79 Å². The molecule has 3 rings (SSSR count). The van der Waals surface area contributed by atoms with Gasteiger partial charge in [0, 0.05) is 5.39 Å². The summed E-state index contributed by atoms with van der Waals surface area (Å²) in [7, 11) is 0. The quantitative estimate of drug-likeness (QED) is 0.556. The Morgan fingerprint density at radius 3 is 2.54 bits per heavy atom. The van der Waals surface area contributed by atoms with Gasteiger partial charge in [-0.25, -0.2) is 15.8 Å². The topological polar surface area (TPSA) is 98.1 Å². The summed E-state index contributed by atoms with van der Waals surface area (Å²) >= 11 is 0. The van der Waals surface area contributed by atoms with Gasteiger partial charge in [0.1, 0.15) is 6.33 Å². The number of aromatic nitrogens is 2. The zero-order valence-electron chi connectivity index (χ0n) is 13.4. The molecule has 0 saturated heterocycles. The highest BCUT2D eigenvalue weighted by Crippen LogP contribution is 2.30. The van der Waals surface area contributed by atoms with Crippen molar-refractivity contribution in [2.24, 2.45) is 11.6 Å². The second kappa shape index (κ2) is 6.64. The predicted molar refractivity (Wildman–Crippen MR) is 94.2 cm³/mol. The van der Waals surface area contributed by atoms with Crippen LogP contribution in [-0.4, -0.2) is 15.9 Å². The third-order valence-corrected chi connectivity index (χ3v) is 4.06. The Hall–Kier alpha value is -2.99. The fourth-order valence-corrected chi connectivity index (χ4v) is 2.89. The van der Waals surface area contributed by atoms with Gasteiger partial charge in [-0.15, -0.1) is 0 Å². The largest absolute Gasteiger partial charge is 0.366 e. The molecule has 4 N–H and O–H groups in total. The zero-order chi connectivity index (χ0) is 17.1. The van der Waals surface area contributed by atoms with Gasteiger partial charge < -0.3 is 5.73 Å². The number of hydrogen-bond donors (Lipinski definition) is 2. The molecule has 0 aliphatic rings. The molecule has 6 heteroatoms. The van der Waals surface area contributed by atoms with Gasteiger partial charge in [-0.1, -0.05) is 43.3 Å². The van der Waals surface area contributed by atoms with Gasteiger partial charge in [0.25, 0.3) is 5.91 Å². The maximum Gasteiger partial charge on any atom is 0.250 e. The number of nitrogens with zero attached hydrogens (tertiary/aromatic N) is 3. The smallest absolute Gasteiger partial charge is 0.250 e. The van der Waals surface area contributed by atoms with Crippen molar-refractivity contribution in [3.05, 3.63) is 66.0 Å². The molecular weight excluding hydrogens is 302 g/mol. The van der Waals surface area contributed by atoms with E-state index in [-0.39, 0.29) is 6.04 Å². The van der Waals surface area contributed by atoms with Gasteiger partial charge in [-0.2, -0.15) is 0 Å². The number of carbonyl (C=O) groups excluding carboxylic acids is 1. The minimum Gasteiger partial charge on any atom is -0.366 e. The van der Waals surface area contributed by atoms with Gasteiger partial charge in [-0.3, -0.25) is 9.80 Å². The lowest BCUT2D eigenvalue weighted by Crippen LogP contribution is -2.36. The van der Waals surface area contributed by atoms with Crippen LogP contribution in [0.4, 0.5) is 5.82 Å². The van der Waals surface area contributed by atoms with Crippen LogP contribution >= 0.6 is 0 Å². The Bertz CT molecular complexity index is 866. The number of hydrogen-bond acceptors (Lipinski definition) is 5. The van der Waals surface area contributed by atoms with Crippen molar-refractivity contribution in [3.63, 3.8) is 0 Å². The molecule has 0 aliphatic carbocycles. The fourth-order valence-electron chi connectivity index (χ4n) is 2.89. The molecule has 0 saturated carbocycles.